The van der Waals surface area contributed by atoms with Crippen molar-refractivity contribution in [1.82, 2.24) is 0 Å². The summed E-state index contributed by atoms with van der Waals surface area (Å²) in [7, 11) is 0. The first-order valence-corrected chi connectivity index (χ1v) is 7.97. The lowest BCUT2D eigenvalue weighted by molar-refractivity contribution is 0.212. The van der Waals surface area contributed by atoms with Crippen LogP contribution < -0.4 is 11.6 Å². The third-order valence-electron chi connectivity index (χ3n) is 3.74. The van der Waals surface area contributed by atoms with E-state index >= 15 is 0 Å². The van der Waals surface area contributed by atoms with Crippen molar-refractivity contribution in [3.05, 3.63) is 101 Å². The molecule has 0 saturated carbocycles. The molecule has 0 saturated heterocycles. The molecule has 4 heteroatoms. The molecule has 2 aromatic carbocycles. The highest BCUT2D eigenvalue weighted by Gasteiger charge is 2.03. The Labute approximate surface area is 147 Å². The molecular weight excluding hydrogens is 310 g/mol. The molecule has 0 heterocycles. The maximum Gasteiger partial charge on any atom is 0.170 e. The second-order valence-corrected chi connectivity index (χ2v) is 5.63. The highest BCUT2D eigenvalue weighted by molar-refractivity contribution is 5.82. The SMILES string of the molecule is N/N=C(\N)Cc1cccc(COC2=C=C=C(c3ccccc3)C=C2)c1. The molecule has 25 heavy (non-hydrogen) atoms. The summed E-state index contributed by atoms with van der Waals surface area (Å²) in [5, 5.41) is 3.49. The second-order valence-electron chi connectivity index (χ2n) is 5.63. The van der Waals surface area contributed by atoms with Crippen LogP contribution in [0.15, 0.2) is 89.1 Å². The summed E-state index contributed by atoms with van der Waals surface area (Å²) < 4.78 is 5.80. The third kappa shape index (κ3) is 4.52. The van der Waals surface area contributed by atoms with Gasteiger partial charge in [0.05, 0.1) is 0 Å². The van der Waals surface area contributed by atoms with E-state index in [2.05, 4.69) is 16.6 Å². The van der Waals surface area contributed by atoms with Gasteiger partial charge in [-0.2, -0.15) is 5.10 Å². The first-order chi connectivity index (χ1) is 12.2. The van der Waals surface area contributed by atoms with Gasteiger partial charge < -0.3 is 16.3 Å². The summed E-state index contributed by atoms with van der Waals surface area (Å²) in [6.45, 7) is 0.447. The molecule has 4 nitrogen and oxygen atoms in total. The van der Waals surface area contributed by atoms with Crippen LogP contribution in [0.3, 0.4) is 0 Å². The van der Waals surface area contributed by atoms with Crippen LogP contribution >= 0.6 is 0 Å². The van der Waals surface area contributed by atoms with Gasteiger partial charge in [-0.15, -0.1) is 0 Å². The zero-order valence-electron chi connectivity index (χ0n) is 13.8. The zero-order chi connectivity index (χ0) is 17.5. The van der Waals surface area contributed by atoms with Crippen molar-refractivity contribution in [2.45, 2.75) is 13.0 Å². The Hall–Kier alpha value is -3.45. The van der Waals surface area contributed by atoms with Crippen molar-refractivity contribution in [1.29, 1.82) is 0 Å². The van der Waals surface area contributed by atoms with Gasteiger partial charge in [0.1, 0.15) is 12.4 Å². The van der Waals surface area contributed by atoms with E-state index < -0.39 is 0 Å². The van der Waals surface area contributed by atoms with E-state index in [-0.39, 0.29) is 0 Å². The standard InChI is InChI=1S/C21H19N3O/c22-21(24-23)14-16-5-4-6-17(13-16)15-25-20-11-9-19(10-12-20)18-7-2-1-3-8-18/h1-9,11,13H,14-15,23H2,(H2,22,24). The highest BCUT2D eigenvalue weighted by atomic mass is 16.5. The van der Waals surface area contributed by atoms with E-state index in [9.17, 15) is 0 Å². The van der Waals surface area contributed by atoms with E-state index in [0.717, 1.165) is 22.3 Å². The van der Waals surface area contributed by atoms with Crippen LogP contribution in [0.4, 0.5) is 0 Å². The number of hydrazone groups is 1. The molecule has 2 aromatic rings. The summed E-state index contributed by atoms with van der Waals surface area (Å²) in [4.78, 5) is 0. The molecule has 1 aliphatic carbocycles. The van der Waals surface area contributed by atoms with E-state index in [4.69, 9.17) is 16.3 Å². The molecule has 0 bridgehead atoms. The van der Waals surface area contributed by atoms with Crippen LogP contribution in [0.2, 0.25) is 0 Å². The average molecular weight is 329 g/mol. The number of amidine groups is 1. The van der Waals surface area contributed by atoms with Crippen molar-refractivity contribution in [2.24, 2.45) is 16.7 Å². The van der Waals surface area contributed by atoms with Crippen molar-refractivity contribution in [2.75, 3.05) is 0 Å². The van der Waals surface area contributed by atoms with Gasteiger partial charge in [-0.1, -0.05) is 60.3 Å². The largest absolute Gasteiger partial charge is 0.481 e. The predicted molar refractivity (Wildman–Crippen MR) is 100 cm³/mol. The van der Waals surface area contributed by atoms with E-state index in [0.29, 0.717) is 24.6 Å². The Kier molecular flexibility index (Phi) is 5.18. The Morgan fingerprint density at radius 2 is 1.76 bits per heavy atom. The van der Waals surface area contributed by atoms with Gasteiger partial charge in [-0.05, 0) is 34.6 Å². The number of rotatable bonds is 6. The number of benzene rings is 2. The number of nitrogens with two attached hydrogens (primary N) is 2. The van der Waals surface area contributed by atoms with Crippen LogP contribution in [0, 0.1) is 0 Å². The second kappa shape index (κ2) is 7.89. The molecule has 0 aliphatic heterocycles. The molecule has 0 unspecified atom stereocenters. The number of hydrogen-bond acceptors (Lipinski definition) is 3. The molecule has 3 rings (SSSR count). The molecule has 0 spiro atoms. The summed E-state index contributed by atoms with van der Waals surface area (Å²) in [5.74, 6) is 6.24. The normalized spacial score (nSPS) is 13.4. The molecular formula is C21H19N3O. The first kappa shape index (κ1) is 16.4. The van der Waals surface area contributed by atoms with Gasteiger partial charge in [0.2, 0.25) is 0 Å². The fraction of sp³-hybridized carbons (Fsp3) is 0.0952. The smallest absolute Gasteiger partial charge is 0.170 e. The van der Waals surface area contributed by atoms with E-state index in [1.165, 1.54) is 0 Å². The minimum absolute atomic E-state index is 0.400. The maximum atomic E-state index is 5.80. The molecule has 4 N–H and O–H groups in total. The Balaban J connectivity index is 1.69. The van der Waals surface area contributed by atoms with Crippen LogP contribution in [-0.2, 0) is 17.8 Å². The lowest BCUT2D eigenvalue weighted by atomic mass is 10.1. The molecule has 0 fully saturated rings. The topological polar surface area (TPSA) is 73.6 Å². The van der Waals surface area contributed by atoms with Crippen LogP contribution in [0.1, 0.15) is 16.7 Å². The molecule has 1 aliphatic rings. The third-order valence-corrected chi connectivity index (χ3v) is 3.74. The Bertz CT molecular complexity index is 913. The van der Waals surface area contributed by atoms with Crippen molar-refractivity contribution >= 4 is 11.4 Å². The number of ether oxygens (including phenoxy) is 1. The fourth-order valence-corrected chi connectivity index (χ4v) is 2.49. The van der Waals surface area contributed by atoms with Gasteiger partial charge in [0.25, 0.3) is 0 Å². The zero-order valence-corrected chi connectivity index (χ0v) is 13.8. The van der Waals surface area contributed by atoms with Gasteiger partial charge in [0, 0.05) is 12.0 Å². The molecule has 0 radical (unpaired) electrons. The molecule has 0 amide bonds. The minimum atomic E-state index is 0.400. The molecule has 124 valence electrons. The average Bonchev–Trinajstić information content (AvgIpc) is 2.68. The summed E-state index contributed by atoms with van der Waals surface area (Å²) >= 11 is 0. The number of hydrogen-bond donors (Lipinski definition) is 2. The van der Waals surface area contributed by atoms with Gasteiger partial charge >= 0.3 is 0 Å². The molecule has 0 atom stereocenters. The summed E-state index contributed by atoms with van der Waals surface area (Å²) in [6, 6.07) is 18.1. The quantitative estimate of drug-likeness (QED) is 0.281. The van der Waals surface area contributed by atoms with Crippen molar-refractivity contribution in [3.63, 3.8) is 0 Å². The van der Waals surface area contributed by atoms with E-state index in [1.807, 2.05) is 66.7 Å². The fourth-order valence-electron chi connectivity index (χ4n) is 2.49. The Morgan fingerprint density at radius 3 is 2.48 bits per heavy atom. The molecule has 0 aromatic heterocycles. The summed E-state index contributed by atoms with van der Waals surface area (Å²) in [5.41, 5.74) is 16.1. The van der Waals surface area contributed by atoms with Crippen LogP contribution in [0.5, 0.6) is 0 Å². The van der Waals surface area contributed by atoms with Gasteiger partial charge in [-0.3, -0.25) is 0 Å². The number of allylic oxidation sites excluding steroid dienone is 3. The highest BCUT2D eigenvalue weighted by Crippen LogP contribution is 2.18. The first-order valence-electron chi connectivity index (χ1n) is 7.97. The van der Waals surface area contributed by atoms with E-state index in [1.54, 1.807) is 0 Å². The monoisotopic (exact) mass is 329 g/mol. The van der Waals surface area contributed by atoms with Gasteiger partial charge in [-0.25, -0.2) is 0 Å². The Morgan fingerprint density at radius 1 is 0.960 bits per heavy atom. The minimum Gasteiger partial charge on any atom is -0.481 e. The number of nitrogens with zero attached hydrogens (tertiary/aromatic N) is 1. The predicted octanol–water partition coefficient (Wildman–Crippen LogP) is 3.27. The van der Waals surface area contributed by atoms with Crippen LogP contribution in [-0.4, -0.2) is 5.84 Å². The lowest BCUT2D eigenvalue weighted by Crippen LogP contribution is -2.16. The maximum absolute atomic E-state index is 5.80. The van der Waals surface area contributed by atoms with Gasteiger partial charge in [0.15, 0.2) is 5.76 Å². The summed E-state index contributed by atoms with van der Waals surface area (Å²) in [6.07, 6.45) is 4.41. The lowest BCUT2D eigenvalue weighted by Gasteiger charge is -2.08. The van der Waals surface area contributed by atoms with Crippen molar-refractivity contribution in [3.8, 4) is 0 Å². The van der Waals surface area contributed by atoms with Crippen LogP contribution in [0.25, 0.3) is 5.57 Å². The van der Waals surface area contributed by atoms with Crippen molar-refractivity contribution < 1.29 is 4.74 Å².